The van der Waals surface area contributed by atoms with Gasteiger partial charge in [-0.15, -0.1) is 24.0 Å². The quantitative estimate of drug-likeness (QED) is 0.334. The third-order valence-corrected chi connectivity index (χ3v) is 6.59. The molecule has 2 aliphatic rings. The fourth-order valence-corrected chi connectivity index (χ4v) is 4.97. The molecule has 162 valence electrons. The van der Waals surface area contributed by atoms with E-state index in [2.05, 4.69) is 15.2 Å². The Morgan fingerprint density at radius 3 is 2.66 bits per heavy atom. The summed E-state index contributed by atoms with van der Waals surface area (Å²) in [4.78, 5) is 21.4. The smallest absolute Gasteiger partial charge is 0.227 e. The van der Waals surface area contributed by atoms with Crippen LogP contribution in [0.1, 0.15) is 18.9 Å². The van der Waals surface area contributed by atoms with Crippen molar-refractivity contribution < 1.29 is 9.90 Å². The first-order chi connectivity index (χ1) is 13.5. The Kier molecular flexibility index (Phi) is 9.84. The number of carbonyl (C=O) groups excluding carboxylic acids is 1. The van der Waals surface area contributed by atoms with Gasteiger partial charge in [0, 0.05) is 43.5 Å². The summed E-state index contributed by atoms with van der Waals surface area (Å²) in [5.74, 6) is 2.70. The van der Waals surface area contributed by atoms with E-state index in [1.54, 1.807) is 11.8 Å². The highest BCUT2D eigenvalue weighted by molar-refractivity contribution is 14.0. The molecule has 29 heavy (non-hydrogen) atoms. The van der Waals surface area contributed by atoms with E-state index in [9.17, 15) is 9.90 Å². The molecule has 0 saturated carbocycles. The van der Waals surface area contributed by atoms with Crippen molar-refractivity contribution in [3.05, 3.63) is 34.9 Å². The maximum atomic E-state index is 12.6. The summed E-state index contributed by atoms with van der Waals surface area (Å²) < 4.78 is 0. The molecule has 0 aliphatic carbocycles. The van der Waals surface area contributed by atoms with Crippen LogP contribution in [-0.4, -0.2) is 83.1 Å². The van der Waals surface area contributed by atoms with Gasteiger partial charge in [-0.05, 0) is 36.8 Å². The van der Waals surface area contributed by atoms with Crippen LogP contribution >= 0.6 is 47.3 Å². The van der Waals surface area contributed by atoms with Gasteiger partial charge < -0.3 is 20.2 Å². The largest absolute Gasteiger partial charge is 0.387 e. The Labute approximate surface area is 199 Å². The monoisotopic (exact) mass is 552 g/mol. The van der Waals surface area contributed by atoms with E-state index in [0.717, 1.165) is 49.1 Å². The number of rotatable bonds is 5. The minimum atomic E-state index is -0.680. The van der Waals surface area contributed by atoms with Gasteiger partial charge in [0.1, 0.15) is 0 Å². The molecular weight excluding hydrogens is 523 g/mol. The van der Waals surface area contributed by atoms with E-state index in [-0.39, 0.29) is 29.9 Å². The summed E-state index contributed by atoms with van der Waals surface area (Å²) in [5, 5.41) is 14.5. The highest BCUT2D eigenvalue weighted by atomic mass is 127. The summed E-state index contributed by atoms with van der Waals surface area (Å²) in [7, 11) is 0. The zero-order valence-corrected chi connectivity index (χ0v) is 20.7. The average molecular weight is 553 g/mol. The molecule has 0 aromatic heterocycles. The summed E-state index contributed by atoms with van der Waals surface area (Å²) in [6, 6.07) is 7.47. The Morgan fingerprint density at radius 2 is 2.03 bits per heavy atom. The molecular formula is C20H30ClIN4O2S. The van der Waals surface area contributed by atoms with E-state index in [4.69, 9.17) is 11.6 Å². The fourth-order valence-electron chi connectivity index (χ4n) is 3.47. The average Bonchev–Trinajstić information content (AvgIpc) is 3.12. The Balaban J connectivity index is 0.00000300. The SMILES string of the molecule is CCNC(=NCC1(O)CCSC1)N1CCN(C(=O)Cc2cccc(Cl)c2)CC1.I. The molecule has 0 radical (unpaired) electrons. The molecule has 2 heterocycles. The van der Waals surface area contributed by atoms with Gasteiger partial charge in [0.2, 0.25) is 5.91 Å². The van der Waals surface area contributed by atoms with Crippen molar-refractivity contribution in [2.45, 2.75) is 25.4 Å². The number of guanidine groups is 1. The summed E-state index contributed by atoms with van der Waals surface area (Å²) in [5.41, 5.74) is 0.262. The number of aliphatic hydroxyl groups is 1. The highest BCUT2D eigenvalue weighted by Crippen LogP contribution is 2.28. The predicted octanol–water partition coefficient (Wildman–Crippen LogP) is 2.48. The molecule has 0 spiro atoms. The van der Waals surface area contributed by atoms with Crippen molar-refractivity contribution >= 4 is 59.2 Å². The second-order valence-electron chi connectivity index (χ2n) is 7.37. The number of thioether (sulfide) groups is 1. The van der Waals surface area contributed by atoms with Gasteiger partial charge in [0.15, 0.2) is 5.96 Å². The molecule has 2 fully saturated rings. The first-order valence-electron chi connectivity index (χ1n) is 9.85. The fraction of sp³-hybridized carbons (Fsp3) is 0.600. The normalized spacial score (nSPS) is 22.4. The van der Waals surface area contributed by atoms with Crippen LogP contribution in [0, 0.1) is 0 Å². The number of nitrogens with zero attached hydrogens (tertiary/aromatic N) is 3. The van der Waals surface area contributed by atoms with Crippen molar-refractivity contribution in [3.8, 4) is 0 Å². The molecule has 6 nitrogen and oxygen atoms in total. The van der Waals surface area contributed by atoms with Gasteiger partial charge in [0.25, 0.3) is 0 Å². The number of hydrogen-bond acceptors (Lipinski definition) is 4. The molecule has 1 aromatic rings. The maximum Gasteiger partial charge on any atom is 0.227 e. The van der Waals surface area contributed by atoms with Crippen LogP contribution < -0.4 is 5.32 Å². The summed E-state index contributed by atoms with van der Waals surface area (Å²) in [6.07, 6.45) is 1.17. The zero-order valence-electron chi connectivity index (χ0n) is 16.8. The second-order valence-corrected chi connectivity index (χ2v) is 8.91. The first kappa shape index (κ1) is 24.6. The highest BCUT2D eigenvalue weighted by Gasteiger charge is 2.32. The van der Waals surface area contributed by atoms with Gasteiger partial charge >= 0.3 is 0 Å². The third kappa shape index (κ3) is 7.18. The maximum absolute atomic E-state index is 12.6. The van der Waals surface area contributed by atoms with Crippen LogP contribution in [0.15, 0.2) is 29.3 Å². The Morgan fingerprint density at radius 1 is 1.31 bits per heavy atom. The molecule has 2 aliphatic heterocycles. The molecule has 2 N–H and O–H groups in total. The van der Waals surface area contributed by atoms with E-state index in [0.29, 0.717) is 31.1 Å². The lowest BCUT2D eigenvalue weighted by atomic mass is 10.0. The lowest BCUT2D eigenvalue weighted by molar-refractivity contribution is -0.131. The van der Waals surface area contributed by atoms with Crippen LogP contribution in [0.25, 0.3) is 0 Å². The minimum Gasteiger partial charge on any atom is -0.387 e. The molecule has 1 unspecified atom stereocenters. The van der Waals surface area contributed by atoms with Gasteiger partial charge in [-0.25, -0.2) is 0 Å². The lowest BCUT2D eigenvalue weighted by Crippen LogP contribution is -2.54. The van der Waals surface area contributed by atoms with Crippen LogP contribution in [0.5, 0.6) is 0 Å². The standard InChI is InChI=1S/C20H29ClN4O2S.HI/c1-2-22-19(23-14-20(27)6-11-28-15-20)25-9-7-24(8-10-25)18(26)13-16-4-3-5-17(21)12-16;/h3-5,12,27H,2,6-11,13-15H2,1H3,(H,22,23);1H. The van der Waals surface area contributed by atoms with Crippen molar-refractivity contribution in [3.63, 3.8) is 0 Å². The number of piperazine rings is 1. The molecule has 1 amide bonds. The number of carbonyl (C=O) groups is 1. The topological polar surface area (TPSA) is 68.2 Å². The number of halogens is 2. The molecule has 1 atom stereocenters. The number of hydrogen-bond donors (Lipinski definition) is 2. The summed E-state index contributed by atoms with van der Waals surface area (Å²) in [6.45, 7) is 6.06. The van der Waals surface area contributed by atoms with E-state index < -0.39 is 5.60 Å². The lowest BCUT2D eigenvalue weighted by Gasteiger charge is -2.37. The molecule has 0 bridgehead atoms. The van der Waals surface area contributed by atoms with E-state index in [1.807, 2.05) is 36.1 Å². The second kappa shape index (κ2) is 11.6. The molecule has 1 aromatic carbocycles. The van der Waals surface area contributed by atoms with Gasteiger partial charge in [-0.1, -0.05) is 23.7 Å². The Hall–Kier alpha value is -0.710. The first-order valence-corrected chi connectivity index (χ1v) is 11.4. The van der Waals surface area contributed by atoms with Gasteiger partial charge in [-0.2, -0.15) is 11.8 Å². The molecule has 3 rings (SSSR count). The minimum absolute atomic E-state index is 0. The van der Waals surface area contributed by atoms with Crippen LogP contribution in [0.3, 0.4) is 0 Å². The molecule has 9 heteroatoms. The van der Waals surface area contributed by atoms with Gasteiger partial charge in [0.05, 0.1) is 18.6 Å². The van der Waals surface area contributed by atoms with Crippen molar-refractivity contribution in [1.29, 1.82) is 0 Å². The number of benzene rings is 1. The van der Waals surface area contributed by atoms with E-state index in [1.165, 1.54) is 0 Å². The Bertz CT molecular complexity index is 707. The van der Waals surface area contributed by atoms with Crippen LogP contribution in [0.2, 0.25) is 5.02 Å². The van der Waals surface area contributed by atoms with Crippen LogP contribution in [0.4, 0.5) is 0 Å². The third-order valence-electron chi connectivity index (χ3n) is 5.12. The number of aliphatic imine (C=N–C) groups is 1. The summed E-state index contributed by atoms with van der Waals surface area (Å²) >= 11 is 7.79. The van der Waals surface area contributed by atoms with E-state index >= 15 is 0 Å². The predicted molar refractivity (Wildman–Crippen MR) is 132 cm³/mol. The van der Waals surface area contributed by atoms with Gasteiger partial charge in [-0.3, -0.25) is 9.79 Å². The van der Waals surface area contributed by atoms with Crippen molar-refractivity contribution in [2.24, 2.45) is 4.99 Å². The van der Waals surface area contributed by atoms with Crippen molar-refractivity contribution in [2.75, 3.05) is 50.8 Å². The number of nitrogens with one attached hydrogen (secondary N) is 1. The zero-order chi connectivity index (χ0) is 20.0. The van der Waals surface area contributed by atoms with Crippen LogP contribution in [-0.2, 0) is 11.2 Å². The van der Waals surface area contributed by atoms with Crippen molar-refractivity contribution in [1.82, 2.24) is 15.1 Å². The number of amides is 1. The molecule has 2 saturated heterocycles.